The summed E-state index contributed by atoms with van der Waals surface area (Å²) < 4.78 is 12.2. The molecule has 1 atom stereocenters. The number of benzene rings is 2. The van der Waals surface area contributed by atoms with Crippen LogP contribution in [0.1, 0.15) is 35.0 Å². The molecule has 0 spiro atoms. The second-order valence-corrected chi connectivity index (χ2v) is 8.13. The number of halogens is 1. The van der Waals surface area contributed by atoms with E-state index in [4.69, 9.17) is 14.5 Å². The van der Waals surface area contributed by atoms with Crippen molar-refractivity contribution in [2.45, 2.75) is 26.2 Å². The van der Waals surface area contributed by atoms with Crippen LogP contribution in [0.15, 0.2) is 53.0 Å². The van der Waals surface area contributed by atoms with E-state index in [1.807, 2.05) is 48.5 Å². The van der Waals surface area contributed by atoms with Crippen molar-refractivity contribution in [1.29, 1.82) is 0 Å². The van der Waals surface area contributed by atoms with Crippen LogP contribution in [0.3, 0.4) is 0 Å². The third kappa shape index (κ3) is 4.04. The lowest BCUT2D eigenvalue weighted by molar-refractivity contribution is 0.0450. The number of carbonyl (C=O) groups excluding carboxylic acids is 1. The molecule has 2 aromatic carbocycles. The fraction of sp³-hybridized carbons (Fsp3) is 0.304. The predicted octanol–water partition coefficient (Wildman–Crippen LogP) is 5.36. The Morgan fingerprint density at radius 2 is 2.04 bits per heavy atom. The van der Waals surface area contributed by atoms with Crippen molar-refractivity contribution < 1.29 is 14.3 Å². The van der Waals surface area contributed by atoms with E-state index in [1.165, 1.54) is 0 Å². The molecule has 1 heterocycles. The van der Waals surface area contributed by atoms with Crippen molar-refractivity contribution in [3.8, 4) is 5.75 Å². The van der Waals surface area contributed by atoms with Crippen molar-refractivity contribution in [3.05, 3.63) is 69.8 Å². The molecule has 0 fully saturated rings. The van der Waals surface area contributed by atoms with E-state index in [0.717, 1.165) is 51.6 Å². The van der Waals surface area contributed by atoms with Crippen molar-refractivity contribution in [2.24, 2.45) is 5.92 Å². The van der Waals surface area contributed by atoms with Gasteiger partial charge in [-0.25, -0.2) is 4.79 Å². The summed E-state index contributed by atoms with van der Waals surface area (Å²) in [4.78, 5) is 17.8. The lowest BCUT2D eigenvalue weighted by Crippen LogP contribution is -2.20. The minimum atomic E-state index is -0.290. The maximum absolute atomic E-state index is 13.0. The summed E-state index contributed by atoms with van der Waals surface area (Å²) in [6.45, 7) is 2.73. The van der Waals surface area contributed by atoms with Gasteiger partial charge in [0.1, 0.15) is 19.0 Å². The molecule has 4 rings (SSSR count). The quantitative estimate of drug-likeness (QED) is 0.396. The van der Waals surface area contributed by atoms with Gasteiger partial charge in [0.05, 0.1) is 11.1 Å². The van der Waals surface area contributed by atoms with Crippen LogP contribution in [-0.2, 0) is 17.6 Å². The van der Waals surface area contributed by atoms with Gasteiger partial charge >= 0.3 is 5.97 Å². The Labute approximate surface area is 173 Å². The summed E-state index contributed by atoms with van der Waals surface area (Å²) >= 11 is 3.42. The molecule has 28 heavy (non-hydrogen) atoms. The first kappa shape index (κ1) is 18.9. The number of rotatable bonds is 5. The zero-order valence-electron chi connectivity index (χ0n) is 15.8. The normalized spacial score (nSPS) is 15.9. The number of hydrogen-bond donors (Lipinski definition) is 0. The lowest BCUT2D eigenvalue weighted by atomic mass is 9.84. The maximum Gasteiger partial charge on any atom is 0.339 e. The van der Waals surface area contributed by atoms with Crippen molar-refractivity contribution >= 4 is 32.8 Å². The van der Waals surface area contributed by atoms with Gasteiger partial charge in [-0.3, -0.25) is 4.98 Å². The maximum atomic E-state index is 13.0. The molecular weight excluding hydrogens is 418 g/mol. The molecule has 0 amide bonds. The Kier molecular flexibility index (Phi) is 5.62. The van der Waals surface area contributed by atoms with Crippen molar-refractivity contribution in [3.63, 3.8) is 0 Å². The van der Waals surface area contributed by atoms with Crippen LogP contribution in [0, 0.1) is 5.92 Å². The van der Waals surface area contributed by atoms with Crippen LogP contribution < -0.4 is 4.74 Å². The van der Waals surface area contributed by atoms with Crippen LogP contribution in [0.4, 0.5) is 0 Å². The van der Waals surface area contributed by atoms with Crippen LogP contribution in [0.5, 0.6) is 5.75 Å². The van der Waals surface area contributed by atoms with E-state index >= 15 is 0 Å². The molecule has 1 aliphatic rings. The molecule has 0 N–H and O–H groups in total. The summed E-state index contributed by atoms with van der Waals surface area (Å²) in [6.07, 6.45) is 2.88. The number of carbonyl (C=O) groups is 1. The van der Waals surface area contributed by atoms with Gasteiger partial charge in [0.2, 0.25) is 0 Å². The highest BCUT2D eigenvalue weighted by Crippen LogP contribution is 2.32. The van der Waals surface area contributed by atoms with E-state index in [0.29, 0.717) is 18.1 Å². The third-order valence-electron chi connectivity index (χ3n) is 5.09. The van der Waals surface area contributed by atoms with Gasteiger partial charge in [0.15, 0.2) is 0 Å². The molecule has 0 aliphatic heterocycles. The number of hydrogen-bond acceptors (Lipinski definition) is 4. The first-order valence-corrected chi connectivity index (χ1v) is 10.4. The van der Waals surface area contributed by atoms with Crippen LogP contribution in [-0.4, -0.2) is 24.2 Å². The summed E-state index contributed by atoms with van der Waals surface area (Å²) in [5.74, 6) is 0.995. The Hall–Kier alpha value is -2.40. The van der Waals surface area contributed by atoms with E-state index in [2.05, 4.69) is 22.9 Å². The second kappa shape index (κ2) is 8.31. The number of aryl methyl sites for hydroxylation is 1. The predicted molar refractivity (Wildman–Crippen MR) is 113 cm³/mol. The van der Waals surface area contributed by atoms with Crippen LogP contribution >= 0.6 is 15.9 Å². The molecule has 1 aliphatic carbocycles. The Balaban J connectivity index is 1.52. The average Bonchev–Trinajstić information content (AvgIpc) is 2.69. The number of aromatic nitrogens is 1. The smallest absolute Gasteiger partial charge is 0.339 e. The summed E-state index contributed by atoms with van der Waals surface area (Å²) in [5, 5.41) is 0.869. The highest BCUT2D eigenvalue weighted by Gasteiger charge is 2.26. The third-order valence-corrected chi connectivity index (χ3v) is 5.58. The molecule has 1 unspecified atom stereocenters. The van der Waals surface area contributed by atoms with Gasteiger partial charge in [-0.2, -0.15) is 0 Å². The molecule has 0 radical (unpaired) electrons. The van der Waals surface area contributed by atoms with Gasteiger partial charge in [-0.15, -0.1) is 0 Å². The molecule has 4 nitrogen and oxygen atoms in total. The zero-order chi connectivity index (χ0) is 19.5. The number of para-hydroxylation sites is 1. The van der Waals surface area contributed by atoms with Crippen molar-refractivity contribution in [2.75, 3.05) is 13.2 Å². The molecule has 1 aromatic heterocycles. The Morgan fingerprint density at radius 1 is 1.18 bits per heavy atom. The number of nitrogens with zero attached hydrogens (tertiary/aromatic N) is 1. The molecule has 0 saturated heterocycles. The zero-order valence-corrected chi connectivity index (χ0v) is 17.4. The highest BCUT2D eigenvalue weighted by atomic mass is 79.9. The summed E-state index contributed by atoms with van der Waals surface area (Å²) in [6, 6.07) is 15.4. The fourth-order valence-corrected chi connectivity index (χ4v) is 4.10. The standard InChI is InChI=1S/C23H22BrNO3/c1-15-9-10-21-19(13-15)22(18-7-2-3-8-20(18)25-21)23(26)28-12-11-27-17-6-4-5-16(24)14-17/h2-8,14-15H,9-13H2,1H3. The molecule has 144 valence electrons. The largest absolute Gasteiger partial charge is 0.490 e. The topological polar surface area (TPSA) is 48.4 Å². The first-order chi connectivity index (χ1) is 13.6. The summed E-state index contributed by atoms with van der Waals surface area (Å²) in [5.41, 5.74) is 3.62. The van der Waals surface area contributed by atoms with E-state index in [-0.39, 0.29) is 12.6 Å². The highest BCUT2D eigenvalue weighted by molar-refractivity contribution is 9.10. The second-order valence-electron chi connectivity index (χ2n) is 7.22. The van der Waals surface area contributed by atoms with E-state index in [1.54, 1.807) is 0 Å². The molecule has 3 aromatic rings. The number of esters is 1. The van der Waals surface area contributed by atoms with Gasteiger partial charge in [-0.05, 0) is 55.0 Å². The Morgan fingerprint density at radius 3 is 2.89 bits per heavy atom. The molecular formula is C23H22BrNO3. The average molecular weight is 440 g/mol. The Bertz CT molecular complexity index is 1020. The fourth-order valence-electron chi connectivity index (χ4n) is 3.72. The molecule has 5 heteroatoms. The number of fused-ring (bicyclic) bond motifs is 2. The first-order valence-electron chi connectivity index (χ1n) is 9.58. The SMILES string of the molecule is CC1CCc2nc3ccccc3c(C(=O)OCCOc3cccc(Br)c3)c2C1. The van der Waals surface area contributed by atoms with Gasteiger partial charge in [0.25, 0.3) is 0 Å². The number of ether oxygens (including phenoxy) is 2. The monoisotopic (exact) mass is 439 g/mol. The minimum absolute atomic E-state index is 0.201. The van der Waals surface area contributed by atoms with E-state index < -0.39 is 0 Å². The van der Waals surface area contributed by atoms with Crippen LogP contribution in [0.25, 0.3) is 10.9 Å². The lowest BCUT2D eigenvalue weighted by Gasteiger charge is -2.24. The van der Waals surface area contributed by atoms with Gasteiger partial charge in [-0.1, -0.05) is 47.1 Å². The minimum Gasteiger partial charge on any atom is -0.490 e. The molecule has 0 saturated carbocycles. The van der Waals surface area contributed by atoms with Gasteiger partial charge < -0.3 is 9.47 Å². The van der Waals surface area contributed by atoms with Crippen LogP contribution in [0.2, 0.25) is 0 Å². The number of pyridine rings is 1. The summed E-state index contributed by atoms with van der Waals surface area (Å²) in [7, 11) is 0. The molecule has 0 bridgehead atoms. The van der Waals surface area contributed by atoms with E-state index in [9.17, 15) is 4.79 Å². The van der Waals surface area contributed by atoms with Crippen molar-refractivity contribution in [1.82, 2.24) is 4.98 Å². The van der Waals surface area contributed by atoms with Gasteiger partial charge in [0, 0.05) is 15.6 Å².